The van der Waals surface area contributed by atoms with E-state index in [9.17, 15) is 0 Å². The number of aromatic nitrogens is 2. The summed E-state index contributed by atoms with van der Waals surface area (Å²) in [5, 5.41) is 4.23. The van der Waals surface area contributed by atoms with E-state index >= 15 is 0 Å². The van der Waals surface area contributed by atoms with Crippen molar-refractivity contribution in [2.75, 3.05) is 6.79 Å². The van der Waals surface area contributed by atoms with Gasteiger partial charge in [0.05, 0.1) is 6.54 Å². The Labute approximate surface area is 105 Å². The molecular weight excluding hydrogens is 230 g/mol. The molecule has 0 saturated heterocycles. The lowest BCUT2D eigenvalue weighted by Gasteiger charge is -2.14. The van der Waals surface area contributed by atoms with Crippen molar-refractivity contribution in [3.05, 3.63) is 41.7 Å². The van der Waals surface area contributed by atoms with Crippen LogP contribution in [0.15, 0.2) is 30.5 Å². The predicted octanol–water partition coefficient (Wildman–Crippen LogP) is 1.62. The number of nitrogens with two attached hydrogens (primary N) is 1. The van der Waals surface area contributed by atoms with Crippen LogP contribution < -0.4 is 15.2 Å². The van der Waals surface area contributed by atoms with Crippen molar-refractivity contribution in [2.45, 2.75) is 19.5 Å². The lowest BCUT2D eigenvalue weighted by atomic mass is 10.1. The number of hydrogen-bond acceptors (Lipinski definition) is 4. The molecule has 0 bridgehead atoms. The third-order valence-corrected chi connectivity index (χ3v) is 3.12. The van der Waals surface area contributed by atoms with Gasteiger partial charge in [-0.05, 0) is 30.7 Å². The topological polar surface area (TPSA) is 62.3 Å². The molecule has 1 aliphatic heterocycles. The molecule has 1 unspecified atom stereocenters. The summed E-state index contributed by atoms with van der Waals surface area (Å²) in [4.78, 5) is 0. The Morgan fingerprint density at radius 1 is 1.33 bits per heavy atom. The highest BCUT2D eigenvalue weighted by Crippen LogP contribution is 2.34. The summed E-state index contributed by atoms with van der Waals surface area (Å²) in [5.41, 5.74) is 8.32. The van der Waals surface area contributed by atoms with Crippen LogP contribution in [-0.2, 0) is 6.54 Å². The number of aryl methyl sites for hydroxylation is 1. The van der Waals surface area contributed by atoms with Gasteiger partial charge in [-0.15, -0.1) is 0 Å². The Morgan fingerprint density at radius 3 is 2.94 bits per heavy atom. The summed E-state index contributed by atoms with van der Waals surface area (Å²) in [6, 6.07) is 7.65. The van der Waals surface area contributed by atoms with Crippen LogP contribution in [0.1, 0.15) is 17.3 Å². The second-order valence-corrected chi connectivity index (χ2v) is 4.37. The maximum atomic E-state index is 6.19. The molecule has 5 nitrogen and oxygen atoms in total. The normalized spacial score (nSPS) is 14.8. The lowest BCUT2D eigenvalue weighted by Crippen LogP contribution is -2.19. The minimum Gasteiger partial charge on any atom is -0.454 e. The van der Waals surface area contributed by atoms with Gasteiger partial charge in [-0.25, -0.2) is 0 Å². The molecule has 0 amide bonds. The molecule has 3 rings (SSSR count). The van der Waals surface area contributed by atoms with Crippen LogP contribution in [0.3, 0.4) is 0 Å². The SMILES string of the molecule is Cc1ccnn1CC(N)c1ccc2c(c1)OCO2. The van der Waals surface area contributed by atoms with Crippen LogP contribution in [0.5, 0.6) is 11.5 Å². The van der Waals surface area contributed by atoms with E-state index in [-0.39, 0.29) is 12.8 Å². The quantitative estimate of drug-likeness (QED) is 0.892. The van der Waals surface area contributed by atoms with Crippen molar-refractivity contribution >= 4 is 0 Å². The van der Waals surface area contributed by atoms with Crippen molar-refractivity contribution < 1.29 is 9.47 Å². The molecule has 0 fully saturated rings. The van der Waals surface area contributed by atoms with Crippen LogP contribution in [-0.4, -0.2) is 16.6 Å². The first-order valence-electron chi connectivity index (χ1n) is 5.87. The van der Waals surface area contributed by atoms with Crippen molar-refractivity contribution in [1.82, 2.24) is 9.78 Å². The van der Waals surface area contributed by atoms with E-state index in [0.29, 0.717) is 6.54 Å². The summed E-state index contributed by atoms with van der Waals surface area (Å²) in [7, 11) is 0. The van der Waals surface area contributed by atoms with E-state index in [1.54, 1.807) is 6.20 Å². The average Bonchev–Trinajstić information content (AvgIpc) is 2.98. The molecule has 2 heterocycles. The Bertz CT molecular complexity index is 565. The Hall–Kier alpha value is -2.01. The highest BCUT2D eigenvalue weighted by molar-refractivity contribution is 5.45. The highest BCUT2D eigenvalue weighted by Gasteiger charge is 2.16. The first-order chi connectivity index (χ1) is 8.74. The molecule has 94 valence electrons. The van der Waals surface area contributed by atoms with Crippen LogP contribution in [0.25, 0.3) is 0 Å². The van der Waals surface area contributed by atoms with Crippen molar-refractivity contribution in [3.8, 4) is 11.5 Å². The molecule has 0 radical (unpaired) electrons. The van der Waals surface area contributed by atoms with Gasteiger partial charge in [0, 0.05) is 17.9 Å². The first kappa shape index (κ1) is 11.1. The van der Waals surface area contributed by atoms with Gasteiger partial charge in [0.2, 0.25) is 6.79 Å². The fourth-order valence-electron chi connectivity index (χ4n) is 2.03. The molecule has 0 aliphatic carbocycles. The first-order valence-corrected chi connectivity index (χ1v) is 5.87. The van der Waals surface area contributed by atoms with Crippen molar-refractivity contribution in [2.24, 2.45) is 5.73 Å². The predicted molar refractivity (Wildman–Crippen MR) is 66.5 cm³/mol. The van der Waals surface area contributed by atoms with Gasteiger partial charge < -0.3 is 15.2 Å². The molecule has 18 heavy (non-hydrogen) atoms. The molecule has 2 aromatic rings. The van der Waals surface area contributed by atoms with Gasteiger partial charge in [0.15, 0.2) is 11.5 Å². The van der Waals surface area contributed by atoms with E-state index in [2.05, 4.69) is 5.10 Å². The lowest BCUT2D eigenvalue weighted by molar-refractivity contribution is 0.174. The summed E-state index contributed by atoms with van der Waals surface area (Å²) < 4.78 is 12.5. The molecule has 1 aromatic heterocycles. The average molecular weight is 245 g/mol. The number of fused-ring (bicyclic) bond motifs is 1. The van der Waals surface area contributed by atoms with Gasteiger partial charge in [0.25, 0.3) is 0 Å². The van der Waals surface area contributed by atoms with E-state index in [1.807, 2.05) is 35.9 Å². The van der Waals surface area contributed by atoms with Crippen LogP contribution >= 0.6 is 0 Å². The zero-order valence-electron chi connectivity index (χ0n) is 10.2. The van der Waals surface area contributed by atoms with Crippen molar-refractivity contribution in [3.63, 3.8) is 0 Å². The van der Waals surface area contributed by atoms with Gasteiger partial charge in [-0.2, -0.15) is 5.10 Å². The minimum atomic E-state index is -0.113. The summed E-state index contributed by atoms with van der Waals surface area (Å²) in [6.45, 7) is 2.95. The minimum absolute atomic E-state index is 0.113. The fraction of sp³-hybridized carbons (Fsp3) is 0.308. The van der Waals surface area contributed by atoms with E-state index in [1.165, 1.54) is 0 Å². The second-order valence-electron chi connectivity index (χ2n) is 4.37. The standard InChI is InChI=1S/C13H15N3O2/c1-9-4-5-15-16(9)7-11(14)10-2-3-12-13(6-10)18-8-17-12/h2-6,11H,7-8,14H2,1H3. The number of nitrogens with zero attached hydrogens (tertiary/aromatic N) is 2. The van der Waals surface area contributed by atoms with Crippen molar-refractivity contribution in [1.29, 1.82) is 0 Å². The van der Waals surface area contributed by atoms with Gasteiger partial charge in [0.1, 0.15) is 0 Å². The molecule has 0 saturated carbocycles. The van der Waals surface area contributed by atoms with Crippen LogP contribution in [0, 0.1) is 6.92 Å². The zero-order chi connectivity index (χ0) is 12.5. The Balaban J connectivity index is 1.80. The Morgan fingerprint density at radius 2 is 2.17 bits per heavy atom. The van der Waals surface area contributed by atoms with Gasteiger partial charge >= 0.3 is 0 Å². The number of benzene rings is 1. The van der Waals surface area contributed by atoms with E-state index in [4.69, 9.17) is 15.2 Å². The maximum absolute atomic E-state index is 6.19. The van der Waals surface area contributed by atoms with Crippen LogP contribution in [0.4, 0.5) is 0 Å². The molecule has 0 spiro atoms. The number of hydrogen-bond donors (Lipinski definition) is 1. The second kappa shape index (κ2) is 4.34. The molecule has 2 N–H and O–H groups in total. The maximum Gasteiger partial charge on any atom is 0.231 e. The third-order valence-electron chi connectivity index (χ3n) is 3.12. The number of rotatable bonds is 3. The smallest absolute Gasteiger partial charge is 0.231 e. The van der Waals surface area contributed by atoms with E-state index < -0.39 is 0 Å². The largest absolute Gasteiger partial charge is 0.454 e. The molecule has 1 aromatic carbocycles. The molecule has 1 atom stereocenters. The fourth-order valence-corrected chi connectivity index (χ4v) is 2.03. The zero-order valence-corrected chi connectivity index (χ0v) is 10.2. The number of ether oxygens (including phenoxy) is 2. The molecule has 1 aliphatic rings. The third kappa shape index (κ3) is 1.93. The summed E-state index contributed by atoms with van der Waals surface area (Å²) in [5.74, 6) is 1.54. The monoisotopic (exact) mass is 245 g/mol. The van der Waals surface area contributed by atoms with Gasteiger partial charge in [-0.1, -0.05) is 6.07 Å². The van der Waals surface area contributed by atoms with Gasteiger partial charge in [-0.3, -0.25) is 4.68 Å². The molecule has 5 heteroatoms. The summed E-state index contributed by atoms with van der Waals surface area (Å²) >= 11 is 0. The molecular formula is C13H15N3O2. The summed E-state index contributed by atoms with van der Waals surface area (Å²) in [6.07, 6.45) is 1.78. The highest BCUT2D eigenvalue weighted by atomic mass is 16.7. The van der Waals surface area contributed by atoms with E-state index in [0.717, 1.165) is 22.8 Å². The van der Waals surface area contributed by atoms with Crippen LogP contribution in [0.2, 0.25) is 0 Å². The Kier molecular flexibility index (Phi) is 2.68.